The largest absolute Gasteiger partial charge is 0.206 e. The molecule has 20 heavy (non-hydrogen) atoms. The number of rotatable bonds is 5. The summed E-state index contributed by atoms with van der Waals surface area (Å²) >= 11 is 3.04. The Labute approximate surface area is 128 Å². The molecule has 0 aliphatic rings. The van der Waals surface area contributed by atoms with Gasteiger partial charge in [-0.15, -0.1) is 0 Å². The van der Waals surface area contributed by atoms with Crippen LogP contribution in [0.1, 0.15) is 25.3 Å². The number of benzene rings is 2. The van der Waals surface area contributed by atoms with Gasteiger partial charge in [0.05, 0.1) is 0 Å². The second-order valence-electron chi connectivity index (χ2n) is 4.66. The van der Waals surface area contributed by atoms with Gasteiger partial charge in [-0.2, -0.15) is 0 Å². The van der Waals surface area contributed by atoms with Crippen molar-refractivity contribution in [1.82, 2.24) is 0 Å². The number of hydrogen-bond donors (Lipinski definition) is 0. The van der Waals surface area contributed by atoms with Crippen LogP contribution >= 0.6 is 23.5 Å². The second kappa shape index (κ2) is 7.55. The molecular weight excluding hydrogens is 287 g/mol. The van der Waals surface area contributed by atoms with E-state index in [2.05, 4.69) is 38.1 Å². The molecule has 0 nitrogen and oxygen atoms in total. The Kier molecular flexibility index (Phi) is 5.74. The average molecular weight is 304 g/mol. The molecule has 0 aliphatic heterocycles. The van der Waals surface area contributed by atoms with Crippen molar-refractivity contribution in [3.05, 3.63) is 70.7 Å². The van der Waals surface area contributed by atoms with Gasteiger partial charge >= 0.3 is 0 Å². The van der Waals surface area contributed by atoms with Crippen LogP contribution in [0.25, 0.3) is 0 Å². The normalized spacial score (nSPS) is 11.4. The van der Waals surface area contributed by atoms with Crippen molar-refractivity contribution in [2.75, 3.05) is 0 Å². The molecule has 0 radical (unpaired) electrons. The molecule has 0 heterocycles. The minimum atomic E-state index is -0.173. The van der Waals surface area contributed by atoms with Gasteiger partial charge in [0, 0.05) is 9.79 Å². The first-order valence-electron chi connectivity index (χ1n) is 6.49. The lowest BCUT2D eigenvalue weighted by Gasteiger charge is -2.05. The van der Waals surface area contributed by atoms with Crippen LogP contribution in [0.2, 0.25) is 0 Å². The van der Waals surface area contributed by atoms with Gasteiger partial charge in [0.2, 0.25) is 0 Å². The van der Waals surface area contributed by atoms with E-state index in [1.165, 1.54) is 28.3 Å². The minimum absolute atomic E-state index is 0.173. The second-order valence-corrected chi connectivity index (χ2v) is 6.59. The van der Waals surface area contributed by atoms with Gasteiger partial charge in [-0.05, 0) is 46.6 Å². The predicted molar refractivity (Wildman–Crippen MR) is 87.8 cm³/mol. The van der Waals surface area contributed by atoms with Crippen molar-refractivity contribution in [2.45, 2.75) is 29.6 Å². The topological polar surface area (TPSA) is 0 Å². The summed E-state index contributed by atoms with van der Waals surface area (Å²) < 4.78 is 13.4. The first-order valence-corrected chi connectivity index (χ1v) is 8.25. The maximum Gasteiger partial charge on any atom is 0.137 e. The molecule has 2 aromatic rings. The Hall–Kier alpha value is -1.19. The SMILES string of the molecule is CC(C)c1ccc(S/C=C/Sc2ccccc2F)cc1. The molecule has 0 aromatic heterocycles. The first-order chi connectivity index (χ1) is 9.66. The van der Waals surface area contributed by atoms with Crippen LogP contribution < -0.4 is 0 Å². The van der Waals surface area contributed by atoms with E-state index >= 15 is 0 Å². The summed E-state index contributed by atoms with van der Waals surface area (Å²) in [4.78, 5) is 1.85. The van der Waals surface area contributed by atoms with Gasteiger partial charge in [-0.25, -0.2) is 4.39 Å². The number of hydrogen-bond acceptors (Lipinski definition) is 2. The summed E-state index contributed by atoms with van der Waals surface area (Å²) in [7, 11) is 0. The van der Waals surface area contributed by atoms with E-state index in [9.17, 15) is 4.39 Å². The molecule has 2 rings (SSSR count). The van der Waals surface area contributed by atoms with Crippen molar-refractivity contribution >= 4 is 23.5 Å². The van der Waals surface area contributed by atoms with Gasteiger partial charge in [0.25, 0.3) is 0 Å². The van der Waals surface area contributed by atoms with Crippen LogP contribution in [-0.4, -0.2) is 0 Å². The average Bonchev–Trinajstić information content (AvgIpc) is 2.46. The van der Waals surface area contributed by atoms with E-state index in [-0.39, 0.29) is 5.82 Å². The Bertz CT molecular complexity index is 574. The smallest absolute Gasteiger partial charge is 0.137 e. The van der Waals surface area contributed by atoms with E-state index in [4.69, 9.17) is 0 Å². The molecule has 0 amide bonds. The molecule has 0 aliphatic carbocycles. The lowest BCUT2D eigenvalue weighted by atomic mass is 10.0. The molecule has 0 saturated carbocycles. The first kappa shape index (κ1) is 15.2. The third-order valence-corrected chi connectivity index (χ3v) is 4.68. The molecule has 0 N–H and O–H groups in total. The maximum absolute atomic E-state index is 13.4. The van der Waals surface area contributed by atoms with E-state index < -0.39 is 0 Å². The third-order valence-electron chi connectivity index (χ3n) is 2.84. The third kappa shape index (κ3) is 4.43. The summed E-state index contributed by atoms with van der Waals surface area (Å²) in [5.41, 5.74) is 1.35. The number of thioether (sulfide) groups is 2. The zero-order valence-electron chi connectivity index (χ0n) is 11.5. The van der Waals surface area contributed by atoms with E-state index in [1.54, 1.807) is 23.9 Å². The fourth-order valence-corrected chi connectivity index (χ4v) is 3.06. The highest BCUT2D eigenvalue weighted by atomic mass is 32.2. The van der Waals surface area contributed by atoms with E-state index in [0.29, 0.717) is 10.8 Å². The lowest BCUT2D eigenvalue weighted by molar-refractivity contribution is 0.602. The van der Waals surface area contributed by atoms with Crippen molar-refractivity contribution in [3.8, 4) is 0 Å². The highest BCUT2D eigenvalue weighted by Gasteiger charge is 1.99. The summed E-state index contributed by atoms with van der Waals surface area (Å²) in [6.07, 6.45) is 0. The Morgan fingerprint density at radius 3 is 2.20 bits per heavy atom. The zero-order chi connectivity index (χ0) is 14.4. The van der Waals surface area contributed by atoms with E-state index in [0.717, 1.165) is 0 Å². The van der Waals surface area contributed by atoms with Crippen molar-refractivity contribution < 1.29 is 4.39 Å². The van der Waals surface area contributed by atoms with Crippen LogP contribution in [0.4, 0.5) is 4.39 Å². The quantitative estimate of drug-likeness (QED) is 0.594. The number of halogens is 1. The van der Waals surface area contributed by atoms with Gasteiger partial charge in [0.1, 0.15) is 5.82 Å². The van der Waals surface area contributed by atoms with E-state index in [1.807, 2.05) is 16.9 Å². The molecule has 0 unspecified atom stereocenters. The van der Waals surface area contributed by atoms with Gasteiger partial charge < -0.3 is 0 Å². The van der Waals surface area contributed by atoms with Crippen molar-refractivity contribution in [3.63, 3.8) is 0 Å². The molecule has 2 aromatic carbocycles. The summed E-state index contributed by atoms with van der Waals surface area (Å²) in [6.45, 7) is 4.38. The van der Waals surface area contributed by atoms with Gasteiger partial charge in [-0.3, -0.25) is 0 Å². The lowest BCUT2D eigenvalue weighted by Crippen LogP contribution is -1.85. The Morgan fingerprint density at radius 1 is 0.900 bits per heavy atom. The minimum Gasteiger partial charge on any atom is -0.206 e. The summed E-state index contributed by atoms with van der Waals surface area (Å²) in [6, 6.07) is 15.4. The zero-order valence-corrected chi connectivity index (χ0v) is 13.2. The standard InChI is InChI=1S/C17H17FS2/c1-13(2)14-7-9-15(10-8-14)19-11-12-20-17-6-4-3-5-16(17)18/h3-13H,1-2H3/b12-11+. The van der Waals surface area contributed by atoms with Crippen LogP contribution in [0, 0.1) is 5.82 Å². The summed E-state index contributed by atoms with van der Waals surface area (Å²) in [5.74, 6) is 0.384. The van der Waals surface area contributed by atoms with Gasteiger partial charge in [0.15, 0.2) is 0 Å². The molecular formula is C17H17FS2. The fraction of sp³-hybridized carbons (Fsp3) is 0.176. The molecule has 0 saturated heterocycles. The summed E-state index contributed by atoms with van der Waals surface area (Å²) in [5, 5.41) is 3.90. The highest BCUT2D eigenvalue weighted by Crippen LogP contribution is 2.26. The Balaban J connectivity index is 1.89. The van der Waals surface area contributed by atoms with Crippen LogP contribution in [0.5, 0.6) is 0 Å². The van der Waals surface area contributed by atoms with Crippen LogP contribution in [-0.2, 0) is 0 Å². The molecule has 0 spiro atoms. The highest BCUT2D eigenvalue weighted by molar-refractivity contribution is 8.05. The molecule has 0 atom stereocenters. The van der Waals surface area contributed by atoms with Crippen molar-refractivity contribution in [2.24, 2.45) is 0 Å². The molecule has 0 bridgehead atoms. The van der Waals surface area contributed by atoms with Gasteiger partial charge in [-0.1, -0.05) is 61.6 Å². The van der Waals surface area contributed by atoms with Crippen LogP contribution in [0.3, 0.4) is 0 Å². The monoisotopic (exact) mass is 304 g/mol. The molecule has 0 fully saturated rings. The predicted octanol–water partition coefficient (Wildman–Crippen LogP) is 6.30. The Morgan fingerprint density at radius 2 is 1.55 bits per heavy atom. The molecule has 104 valence electrons. The molecule has 3 heteroatoms. The fourth-order valence-electron chi connectivity index (χ4n) is 1.68. The van der Waals surface area contributed by atoms with Crippen molar-refractivity contribution in [1.29, 1.82) is 0 Å². The van der Waals surface area contributed by atoms with Crippen LogP contribution in [0.15, 0.2) is 69.1 Å². The maximum atomic E-state index is 13.4.